The number of anilines is 1. The van der Waals surface area contributed by atoms with Crippen LogP contribution < -0.4 is 11.1 Å². The lowest BCUT2D eigenvalue weighted by Crippen LogP contribution is -2.31. The highest BCUT2D eigenvalue weighted by molar-refractivity contribution is 7.10. The zero-order valence-electron chi connectivity index (χ0n) is 10.3. The molecule has 1 unspecified atom stereocenters. The summed E-state index contributed by atoms with van der Waals surface area (Å²) in [6.07, 6.45) is 1.44. The molecule has 96 valence electrons. The number of carbonyl (C=O) groups is 1. The predicted molar refractivity (Wildman–Crippen MR) is 72.4 cm³/mol. The number of nitrogens with zero attached hydrogens (tertiary/aromatic N) is 1. The Morgan fingerprint density at radius 3 is 2.83 bits per heavy atom. The second kappa shape index (κ2) is 5.22. The van der Waals surface area contributed by atoms with Gasteiger partial charge in [0, 0.05) is 4.88 Å². The summed E-state index contributed by atoms with van der Waals surface area (Å²) in [4.78, 5) is 13.2. The van der Waals surface area contributed by atoms with E-state index in [0.29, 0.717) is 17.3 Å². The van der Waals surface area contributed by atoms with E-state index in [1.54, 1.807) is 11.3 Å². The Bertz CT molecular complexity index is 518. The molecule has 0 fully saturated rings. The van der Waals surface area contributed by atoms with Crippen molar-refractivity contribution in [2.75, 3.05) is 5.73 Å². The van der Waals surface area contributed by atoms with Crippen LogP contribution in [-0.4, -0.2) is 16.1 Å². The van der Waals surface area contributed by atoms with Crippen LogP contribution in [0.5, 0.6) is 0 Å². The van der Waals surface area contributed by atoms with Gasteiger partial charge in [0.15, 0.2) is 0 Å². The Labute approximate surface area is 109 Å². The molecule has 0 aliphatic heterocycles. The molecule has 5 nitrogen and oxygen atoms in total. The fraction of sp³-hybridized carbons (Fsp3) is 0.333. The van der Waals surface area contributed by atoms with E-state index in [-0.39, 0.29) is 11.9 Å². The van der Waals surface area contributed by atoms with E-state index in [1.807, 2.05) is 17.5 Å². The van der Waals surface area contributed by atoms with Gasteiger partial charge in [-0.25, -0.2) is 0 Å². The van der Waals surface area contributed by atoms with E-state index < -0.39 is 0 Å². The summed E-state index contributed by atoms with van der Waals surface area (Å²) in [6.45, 7) is 4.15. The van der Waals surface area contributed by atoms with Crippen LogP contribution in [0.4, 0.5) is 5.82 Å². The Kier molecular flexibility index (Phi) is 3.66. The van der Waals surface area contributed by atoms with Gasteiger partial charge in [-0.05, 0) is 17.4 Å². The van der Waals surface area contributed by atoms with Gasteiger partial charge in [-0.2, -0.15) is 5.10 Å². The number of thiophene rings is 1. The van der Waals surface area contributed by atoms with Crippen LogP contribution in [0.1, 0.15) is 35.1 Å². The summed E-state index contributed by atoms with van der Waals surface area (Å²) < 4.78 is 0. The molecule has 1 amide bonds. The van der Waals surface area contributed by atoms with Crippen LogP contribution >= 0.6 is 11.3 Å². The Hall–Kier alpha value is -1.82. The molecule has 0 bridgehead atoms. The lowest BCUT2D eigenvalue weighted by molar-refractivity contribution is 0.0927. The number of hydrogen-bond acceptors (Lipinski definition) is 4. The van der Waals surface area contributed by atoms with Gasteiger partial charge in [-0.1, -0.05) is 19.9 Å². The SMILES string of the molecule is CC(C)C(NC(=O)c1cn[nH]c1N)c1cccs1. The number of nitrogens with one attached hydrogen (secondary N) is 2. The number of amides is 1. The molecule has 1 atom stereocenters. The third-order valence-electron chi connectivity index (χ3n) is 2.72. The monoisotopic (exact) mass is 264 g/mol. The second-order valence-corrected chi connectivity index (χ2v) is 5.39. The summed E-state index contributed by atoms with van der Waals surface area (Å²) in [5, 5.41) is 11.3. The highest BCUT2D eigenvalue weighted by atomic mass is 32.1. The van der Waals surface area contributed by atoms with Crippen molar-refractivity contribution in [2.24, 2.45) is 5.92 Å². The van der Waals surface area contributed by atoms with Crippen molar-refractivity contribution in [3.8, 4) is 0 Å². The number of nitrogen functional groups attached to an aromatic ring is 1. The third-order valence-corrected chi connectivity index (χ3v) is 3.67. The van der Waals surface area contributed by atoms with E-state index in [2.05, 4.69) is 29.4 Å². The molecule has 2 rings (SSSR count). The summed E-state index contributed by atoms with van der Waals surface area (Å²) in [7, 11) is 0. The lowest BCUT2D eigenvalue weighted by atomic mass is 10.0. The van der Waals surface area contributed by atoms with Crippen molar-refractivity contribution in [1.29, 1.82) is 0 Å². The van der Waals surface area contributed by atoms with E-state index in [0.717, 1.165) is 4.88 Å². The first-order valence-electron chi connectivity index (χ1n) is 5.72. The topological polar surface area (TPSA) is 83.8 Å². The van der Waals surface area contributed by atoms with Crippen LogP contribution in [0.2, 0.25) is 0 Å². The molecule has 0 aliphatic carbocycles. The van der Waals surface area contributed by atoms with Gasteiger partial charge >= 0.3 is 0 Å². The molecule has 0 saturated carbocycles. The predicted octanol–water partition coefficient (Wildman–Crippen LogP) is 2.18. The fourth-order valence-corrected chi connectivity index (χ4v) is 2.68. The van der Waals surface area contributed by atoms with Gasteiger partial charge in [0.1, 0.15) is 11.4 Å². The smallest absolute Gasteiger partial charge is 0.257 e. The largest absolute Gasteiger partial charge is 0.383 e. The number of aromatic amines is 1. The summed E-state index contributed by atoms with van der Waals surface area (Å²) in [5.41, 5.74) is 6.02. The summed E-state index contributed by atoms with van der Waals surface area (Å²) >= 11 is 1.63. The van der Waals surface area contributed by atoms with Crippen molar-refractivity contribution in [3.63, 3.8) is 0 Å². The van der Waals surface area contributed by atoms with Crippen molar-refractivity contribution in [2.45, 2.75) is 19.9 Å². The summed E-state index contributed by atoms with van der Waals surface area (Å²) in [6, 6.07) is 3.99. The molecule has 0 saturated heterocycles. The van der Waals surface area contributed by atoms with Gasteiger partial charge in [0.2, 0.25) is 0 Å². The number of rotatable bonds is 4. The fourth-order valence-electron chi connectivity index (χ4n) is 1.73. The average molecular weight is 264 g/mol. The molecule has 6 heteroatoms. The van der Waals surface area contributed by atoms with Gasteiger partial charge in [-0.15, -0.1) is 11.3 Å². The molecule has 4 N–H and O–H groups in total. The Morgan fingerprint density at radius 2 is 2.33 bits per heavy atom. The van der Waals surface area contributed by atoms with E-state index >= 15 is 0 Å². The summed E-state index contributed by atoms with van der Waals surface area (Å²) in [5.74, 6) is 0.398. The lowest BCUT2D eigenvalue weighted by Gasteiger charge is -2.21. The maximum Gasteiger partial charge on any atom is 0.257 e. The first kappa shape index (κ1) is 12.6. The number of H-pyrrole nitrogens is 1. The Balaban J connectivity index is 2.16. The van der Waals surface area contributed by atoms with Gasteiger partial charge in [0.25, 0.3) is 5.91 Å². The van der Waals surface area contributed by atoms with Crippen LogP contribution in [0.25, 0.3) is 0 Å². The maximum absolute atomic E-state index is 12.1. The quantitative estimate of drug-likeness (QED) is 0.791. The molecule has 2 aromatic heterocycles. The van der Waals surface area contributed by atoms with Crippen LogP contribution in [0.15, 0.2) is 23.7 Å². The van der Waals surface area contributed by atoms with Gasteiger partial charge in [-0.3, -0.25) is 9.89 Å². The van der Waals surface area contributed by atoms with Crippen molar-refractivity contribution >= 4 is 23.1 Å². The van der Waals surface area contributed by atoms with Crippen LogP contribution in [0, 0.1) is 5.92 Å². The molecular weight excluding hydrogens is 248 g/mol. The minimum atomic E-state index is -0.201. The van der Waals surface area contributed by atoms with Crippen molar-refractivity contribution in [3.05, 3.63) is 34.2 Å². The first-order valence-corrected chi connectivity index (χ1v) is 6.60. The van der Waals surface area contributed by atoms with E-state index in [4.69, 9.17) is 5.73 Å². The Morgan fingerprint density at radius 1 is 1.56 bits per heavy atom. The van der Waals surface area contributed by atoms with Crippen molar-refractivity contribution in [1.82, 2.24) is 15.5 Å². The molecule has 18 heavy (non-hydrogen) atoms. The van der Waals surface area contributed by atoms with Crippen LogP contribution in [0.3, 0.4) is 0 Å². The molecule has 0 radical (unpaired) electrons. The first-order chi connectivity index (χ1) is 8.59. The van der Waals surface area contributed by atoms with E-state index in [9.17, 15) is 4.79 Å². The number of hydrogen-bond donors (Lipinski definition) is 3. The van der Waals surface area contributed by atoms with Gasteiger partial charge < -0.3 is 11.1 Å². The molecule has 0 aromatic carbocycles. The van der Waals surface area contributed by atoms with Crippen LogP contribution in [-0.2, 0) is 0 Å². The third kappa shape index (κ3) is 2.53. The molecule has 2 aromatic rings. The highest BCUT2D eigenvalue weighted by Gasteiger charge is 2.21. The number of carbonyl (C=O) groups excluding carboxylic acids is 1. The highest BCUT2D eigenvalue weighted by Crippen LogP contribution is 2.26. The number of aromatic nitrogens is 2. The molecule has 0 aliphatic rings. The zero-order chi connectivity index (χ0) is 13.1. The standard InChI is InChI=1S/C12H16N4OS/c1-7(2)10(9-4-3-5-18-9)15-12(17)8-6-14-16-11(8)13/h3-7,10H,1-2H3,(H,15,17)(H3,13,14,16). The van der Waals surface area contributed by atoms with Gasteiger partial charge in [0.05, 0.1) is 12.2 Å². The maximum atomic E-state index is 12.1. The molecular formula is C12H16N4OS. The average Bonchev–Trinajstić information content (AvgIpc) is 2.95. The zero-order valence-corrected chi connectivity index (χ0v) is 11.1. The minimum absolute atomic E-state index is 0.00759. The second-order valence-electron chi connectivity index (χ2n) is 4.41. The molecule has 2 heterocycles. The minimum Gasteiger partial charge on any atom is -0.383 e. The van der Waals surface area contributed by atoms with E-state index in [1.165, 1.54) is 6.20 Å². The number of nitrogens with two attached hydrogens (primary N) is 1. The van der Waals surface area contributed by atoms with Crippen molar-refractivity contribution < 1.29 is 4.79 Å². The normalized spacial score (nSPS) is 12.6. The molecule has 0 spiro atoms.